The maximum absolute atomic E-state index is 8.81. The van der Waals surface area contributed by atoms with E-state index in [9.17, 15) is 0 Å². The predicted molar refractivity (Wildman–Crippen MR) is 61.2 cm³/mol. The van der Waals surface area contributed by atoms with Gasteiger partial charge in [-0.05, 0) is 5.92 Å². The van der Waals surface area contributed by atoms with Crippen molar-refractivity contribution in [2.45, 2.75) is 19.3 Å². The molecule has 3 heterocycles. The third-order valence-electron chi connectivity index (χ3n) is 3.28. The second kappa shape index (κ2) is 3.90. The van der Waals surface area contributed by atoms with Crippen LogP contribution in [0.5, 0.6) is 0 Å². The minimum Gasteiger partial charge on any atom is -0.380 e. The SMILES string of the molecule is C[C@H]1COC[C@H]1c1ncc2c(n1)N=C(C#N)C2. The molecule has 5 nitrogen and oxygen atoms in total. The third-order valence-corrected chi connectivity index (χ3v) is 3.28. The van der Waals surface area contributed by atoms with E-state index in [0.717, 1.165) is 18.0 Å². The molecule has 0 bridgehead atoms. The zero-order valence-electron chi connectivity index (χ0n) is 9.55. The fourth-order valence-electron chi connectivity index (χ4n) is 2.21. The van der Waals surface area contributed by atoms with Crippen LogP contribution in [0.4, 0.5) is 5.82 Å². The smallest absolute Gasteiger partial charge is 0.160 e. The monoisotopic (exact) mass is 228 g/mol. The van der Waals surface area contributed by atoms with Gasteiger partial charge in [0, 0.05) is 30.7 Å². The molecule has 3 rings (SSSR count). The molecule has 2 aliphatic heterocycles. The molecule has 2 aliphatic rings. The summed E-state index contributed by atoms with van der Waals surface area (Å²) < 4.78 is 5.42. The summed E-state index contributed by atoms with van der Waals surface area (Å²) in [7, 11) is 0. The van der Waals surface area contributed by atoms with Crippen LogP contribution in [0.2, 0.25) is 0 Å². The maximum Gasteiger partial charge on any atom is 0.160 e. The van der Waals surface area contributed by atoms with E-state index in [1.54, 1.807) is 6.20 Å². The van der Waals surface area contributed by atoms with Crippen molar-refractivity contribution in [1.82, 2.24) is 9.97 Å². The molecule has 17 heavy (non-hydrogen) atoms. The number of rotatable bonds is 1. The van der Waals surface area contributed by atoms with Crippen LogP contribution in [-0.2, 0) is 11.2 Å². The molecule has 0 unspecified atom stereocenters. The number of ether oxygens (including phenoxy) is 1. The van der Waals surface area contributed by atoms with Crippen molar-refractivity contribution < 1.29 is 4.74 Å². The molecule has 2 atom stereocenters. The summed E-state index contributed by atoms with van der Waals surface area (Å²) in [4.78, 5) is 13.0. The van der Waals surface area contributed by atoms with Gasteiger partial charge in [0.25, 0.3) is 0 Å². The molecule has 1 aromatic rings. The zero-order chi connectivity index (χ0) is 11.8. The normalized spacial score (nSPS) is 26.5. The van der Waals surface area contributed by atoms with Crippen molar-refractivity contribution in [3.8, 4) is 6.07 Å². The molecular weight excluding hydrogens is 216 g/mol. The first-order chi connectivity index (χ1) is 8.28. The Morgan fingerprint density at radius 3 is 3.06 bits per heavy atom. The van der Waals surface area contributed by atoms with Crippen LogP contribution in [0.1, 0.15) is 24.2 Å². The van der Waals surface area contributed by atoms with E-state index in [4.69, 9.17) is 10.00 Å². The maximum atomic E-state index is 8.81. The zero-order valence-corrected chi connectivity index (χ0v) is 9.55. The topological polar surface area (TPSA) is 71.2 Å². The van der Waals surface area contributed by atoms with Crippen molar-refractivity contribution >= 4 is 11.5 Å². The van der Waals surface area contributed by atoms with Gasteiger partial charge in [0.15, 0.2) is 5.82 Å². The Labute approximate surface area is 99.2 Å². The lowest BCUT2D eigenvalue weighted by Gasteiger charge is -2.11. The summed E-state index contributed by atoms with van der Waals surface area (Å²) >= 11 is 0. The van der Waals surface area contributed by atoms with Crippen LogP contribution in [0.15, 0.2) is 11.2 Å². The van der Waals surface area contributed by atoms with Crippen LogP contribution in [-0.4, -0.2) is 28.9 Å². The van der Waals surface area contributed by atoms with E-state index < -0.39 is 0 Å². The lowest BCUT2D eigenvalue weighted by Crippen LogP contribution is -2.11. The first-order valence-corrected chi connectivity index (χ1v) is 5.69. The second-order valence-electron chi connectivity index (χ2n) is 4.55. The lowest BCUT2D eigenvalue weighted by atomic mass is 9.97. The molecule has 0 amide bonds. The number of hydrogen-bond acceptors (Lipinski definition) is 5. The first-order valence-electron chi connectivity index (χ1n) is 5.69. The van der Waals surface area contributed by atoms with Gasteiger partial charge in [-0.2, -0.15) is 5.26 Å². The molecule has 1 saturated heterocycles. The molecule has 0 saturated carbocycles. The average Bonchev–Trinajstić information content (AvgIpc) is 2.93. The predicted octanol–water partition coefficient (Wildman–Crippen LogP) is 1.38. The van der Waals surface area contributed by atoms with Crippen LogP contribution in [0.25, 0.3) is 0 Å². The number of aliphatic imine (C=N–C) groups is 1. The van der Waals surface area contributed by atoms with Gasteiger partial charge in [-0.25, -0.2) is 15.0 Å². The molecule has 0 aliphatic carbocycles. The molecule has 1 aromatic heterocycles. The van der Waals surface area contributed by atoms with Gasteiger partial charge in [0.2, 0.25) is 0 Å². The minimum absolute atomic E-state index is 0.252. The van der Waals surface area contributed by atoms with Gasteiger partial charge >= 0.3 is 0 Å². The quantitative estimate of drug-likeness (QED) is 0.728. The van der Waals surface area contributed by atoms with E-state index in [0.29, 0.717) is 30.5 Å². The van der Waals surface area contributed by atoms with Crippen LogP contribution in [0, 0.1) is 17.2 Å². The number of fused-ring (bicyclic) bond motifs is 1. The van der Waals surface area contributed by atoms with Gasteiger partial charge in [-0.3, -0.25) is 0 Å². The first kappa shape index (κ1) is 10.4. The third kappa shape index (κ3) is 1.71. The van der Waals surface area contributed by atoms with Crippen molar-refractivity contribution in [2.75, 3.05) is 13.2 Å². The van der Waals surface area contributed by atoms with E-state index in [1.165, 1.54) is 0 Å². The van der Waals surface area contributed by atoms with Crippen molar-refractivity contribution in [3.63, 3.8) is 0 Å². The Balaban J connectivity index is 1.94. The van der Waals surface area contributed by atoms with E-state index in [2.05, 4.69) is 28.0 Å². The van der Waals surface area contributed by atoms with Crippen LogP contribution in [0.3, 0.4) is 0 Å². The van der Waals surface area contributed by atoms with E-state index in [1.807, 2.05) is 0 Å². The lowest BCUT2D eigenvalue weighted by molar-refractivity contribution is 0.186. The van der Waals surface area contributed by atoms with Crippen molar-refractivity contribution in [2.24, 2.45) is 10.9 Å². The Morgan fingerprint density at radius 2 is 2.35 bits per heavy atom. The van der Waals surface area contributed by atoms with Crippen LogP contribution >= 0.6 is 0 Å². The summed E-state index contributed by atoms with van der Waals surface area (Å²) in [5, 5.41) is 8.81. The Kier molecular flexibility index (Phi) is 2.37. The number of hydrogen-bond donors (Lipinski definition) is 0. The number of aromatic nitrogens is 2. The molecule has 86 valence electrons. The standard InChI is InChI=1S/C12H12N4O/c1-7-5-17-6-10(7)12-14-4-8-2-9(3-13)15-11(8)16-12/h4,7,10H,2,5-6H2,1H3/t7-,10+/m0/s1. The molecule has 5 heteroatoms. The second-order valence-corrected chi connectivity index (χ2v) is 4.55. The molecule has 0 radical (unpaired) electrons. The summed E-state index contributed by atoms with van der Waals surface area (Å²) in [6.07, 6.45) is 2.35. The summed E-state index contributed by atoms with van der Waals surface area (Å²) in [6.45, 7) is 3.57. The van der Waals surface area contributed by atoms with E-state index >= 15 is 0 Å². The Bertz CT molecular complexity index is 532. The molecule has 0 spiro atoms. The Hall–Kier alpha value is -1.80. The molecule has 0 N–H and O–H groups in total. The molecule has 0 aromatic carbocycles. The van der Waals surface area contributed by atoms with Gasteiger partial charge < -0.3 is 4.74 Å². The largest absolute Gasteiger partial charge is 0.380 e. The van der Waals surface area contributed by atoms with Gasteiger partial charge in [0.05, 0.1) is 6.61 Å². The van der Waals surface area contributed by atoms with Crippen molar-refractivity contribution in [1.29, 1.82) is 5.26 Å². The Morgan fingerprint density at radius 1 is 1.47 bits per heavy atom. The number of nitrogens with zero attached hydrogens (tertiary/aromatic N) is 4. The number of nitriles is 1. The summed E-state index contributed by atoms with van der Waals surface area (Å²) in [5.74, 6) is 2.14. The average molecular weight is 228 g/mol. The minimum atomic E-state index is 0.252. The molecular formula is C12H12N4O. The van der Waals surface area contributed by atoms with Crippen molar-refractivity contribution in [3.05, 3.63) is 17.6 Å². The fraction of sp³-hybridized carbons (Fsp3) is 0.500. The highest BCUT2D eigenvalue weighted by molar-refractivity contribution is 6.04. The highest BCUT2D eigenvalue weighted by Crippen LogP contribution is 2.31. The fourth-order valence-corrected chi connectivity index (χ4v) is 2.21. The highest BCUT2D eigenvalue weighted by atomic mass is 16.5. The summed E-state index contributed by atoms with van der Waals surface area (Å²) in [5.41, 5.74) is 1.46. The summed E-state index contributed by atoms with van der Waals surface area (Å²) in [6, 6.07) is 2.07. The van der Waals surface area contributed by atoms with Crippen LogP contribution < -0.4 is 0 Å². The van der Waals surface area contributed by atoms with Gasteiger partial charge in [0.1, 0.15) is 17.6 Å². The highest BCUT2D eigenvalue weighted by Gasteiger charge is 2.29. The van der Waals surface area contributed by atoms with E-state index in [-0.39, 0.29) is 5.92 Å². The van der Waals surface area contributed by atoms with Gasteiger partial charge in [-0.15, -0.1) is 0 Å². The van der Waals surface area contributed by atoms with Gasteiger partial charge in [-0.1, -0.05) is 6.92 Å². The molecule has 1 fully saturated rings.